The molecule has 0 heterocycles. The zero-order valence-corrected chi connectivity index (χ0v) is 14.7. The number of aryl methyl sites for hydroxylation is 1. The first kappa shape index (κ1) is 17.7. The molecule has 2 aromatic carbocycles. The van der Waals surface area contributed by atoms with Gasteiger partial charge in [-0.2, -0.15) is 0 Å². The fourth-order valence-corrected chi connectivity index (χ4v) is 2.57. The van der Waals surface area contributed by atoms with Gasteiger partial charge >= 0.3 is 0 Å². The van der Waals surface area contributed by atoms with Gasteiger partial charge in [-0.05, 0) is 36.6 Å². The molecule has 1 N–H and O–H groups in total. The lowest BCUT2D eigenvalue weighted by Gasteiger charge is -2.25. The highest BCUT2D eigenvalue weighted by molar-refractivity contribution is 6.02. The molecule has 0 radical (unpaired) electrons. The molecule has 2 amide bonds. The summed E-state index contributed by atoms with van der Waals surface area (Å²) in [6.45, 7) is 7.61. The van der Waals surface area contributed by atoms with Gasteiger partial charge < -0.3 is 10.2 Å². The summed E-state index contributed by atoms with van der Waals surface area (Å²) >= 11 is 0. The molecule has 0 spiro atoms. The Hall–Kier alpha value is -2.62. The second-order valence-electron chi connectivity index (χ2n) is 6.23. The van der Waals surface area contributed by atoms with Gasteiger partial charge in [0.2, 0.25) is 11.8 Å². The molecule has 0 aliphatic carbocycles. The maximum Gasteiger partial charge on any atom is 0.244 e. The minimum atomic E-state index is -0.215. The summed E-state index contributed by atoms with van der Waals surface area (Å²) in [4.78, 5) is 26.0. The molecule has 2 aromatic rings. The van der Waals surface area contributed by atoms with Crippen LogP contribution in [0.4, 0.5) is 11.4 Å². The predicted molar refractivity (Wildman–Crippen MR) is 98.4 cm³/mol. The van der Waals surface area contributed by atoms with Crippen LogP contribution in [0, 0.1) is 6.92 Å². The van der Waals surface area contributed by atoms with Crippen molar-refractivity contribution in [2.75, 3.05) is 16.8 Å². The van der Waals surface area contributed by atoms with Crippen molar-refractivity contribution in [3.63, 3.8) is 0 Å². The lowest BCUT2D eigenvalue weighted by Crippen LogP contribution is -2.37. The highest BCUT2D eigenvalue weighted by Gasteiger charge is 2.19. The quantitative estimate of drug-likeness (QED) is 0.900. The maximum absolute atomic E-state index is 12.4. The molecule has 0 aliphatic heterocycles. The summed E-state index contributed by atoms with van der Waals surface area (Å²) in [5.41, 5.74) is 3.70. The highest BCUT2D eigenvalue weighted by atomic mass is 16.2. The molecule has 0 fully saturated rings. The number of benzene rings is 2. The second kappa shape index (κ2) is 7.77. The van der Waals surface area contributed by atoms with Gasteiger partial charge in [-0.3, -0.25) is 9.59 Å². The second-order valence-corrected chi connectivity index (χ2v) is 6.23. The van der Waals surface area contributed by atoms with Crippen LogP contribution in [0.25, 0.3) is 0 Å². The fourth-order valence-electron chi connectivity index (χ4n) is 2.57. The Balaban J connectivity index is 2.18. The topological polar surface area (TPSA) is 49.4 Å². The number of nitrogens with one attached hydrogen (secondary N) is 1. The molecule has 126 valence electrons. The van der Waals surface area contributed by atoms with Gasteiger partial charge in [0.25, 0.3) is 0 Å². The first-order valence-electron chi connectivity index (χ1n) is 8.12. The van der Waals surface area contributed by atoms with Crippen LogP contribution in [-0.2, 0) is 9.59 Å². The molecule has 0 bridgehead atoms. The Labute approximate surface area is 143 Å². The molecular weight excluding hydrogens is 300 g/mol. The molecule has 0 saturated heterocycles. The van der Waals surface area contributed by atoms with E-state index in [0.29, 0.717) is 0 Å². The molecule has 24 heavy (non-hydrogen) atoms. The summed E-state index contributed by atoms with van der Waals surface area (Å²) in [6, 6.07) is 15.3. The van der Waals surface area contributed by atoms with Crippen LogP contribution in [0.15, 0.2) is 48.5 Å². The van der Waals surface area contributed by atoms with Gasteiger partial charge in [0, 0.05) is 18.3 Å². The normalized spacial score (nSPS) is 10.5. The lowest BCUT2D eigenvalue weighted by molar-refractivity contribution is -0.120. The first-order valence-corrected chi connectivity index (χ1v) is 8.12. The number of anilines is 2. The summed E-state index contributed by atoms with van der Waals surface area (Å²) < 4.78 is 0. The summed E-state index contributed by atoms with van der Waals surface area (Å²) in [6.07, 6.45) is 0. The molecule has 0 saturated carbocycles. The molecule has 2 rings (SSSR count). The third-order valence-electron chi connectivity index (χ3n) is 3.87. The summed E-state index contributed by atoms with van der Waals surface area (Å²) in [7, 11) is 0. The number of nitrogens with zero attached hydrogens (tertiary/aromatic N) is 1. The molecule has 0 unspecified atom stereocenters. The van der Waals surface area contributed by atoms with Crippen molar-refractivity contribution in [3.05, 3.63) is 59.7 Å². The molecular formula is C20H24N2O2. The largest absolute Gasteiger partial charge is 0.325 e. The van der Waals surface area contributed by atoms with E-state index in [-0.39, 0.29) is 24.3 Å². The Morgan fingerprint density at radius 3 is 2.25 bits per heavy atom. The van der Waals surface area contributed by atoms with Crippen LogP contribution in [0.5, 0.6) is 0 Å². The average Bonchev–Trinajstić information content (AvgIpc) is 2.54. The number of carbonyl (C=O) groups excluding carboxylic acids is 2. The van der Waals surface area contributed by atoms with Crippen LogP contribution in [0.2, 0.25) is 0 Å². The van der Waals surface area contributed by atoms with Crippen LogP contribution in [0.1, 0.15) is 37.8 Å². The van der Waals surface area contributed by atoms with Crippen molar-refractivity contribution in [1.82, 2.24) is 0 Å². The van der Waals surface area contributed by atoms with Crippen molar-refractivity contribution in [2.24, 2.45) is 0 Å². The van der Waals surface area contributed by atoms with E-state index in [1.165, 1.54) is 11.8 Å². The Morgan fingerprint density at radius 1 is 1.04 bits per heavy atom. The number of hydrogen-bond donors (Lipinski definition) is 1. The van der Waals surface area contributed by atoms with Crippen molar-refractivity contribution in [3.8, 4) is 0 Å². The van der Waals surface area contributed by atoms with Crippen molar-refractivity contribution in [2.45, 2.75) is 33.6 Å². The number of carbonyl (C=O) groups is 2. The van der Waals surface area contributed by atoms with Crippen LogP contribution < -0.4 is 10.2 Å². The minimum absolute atomic E-state index is 0.00700. The Bertz CT molecular complexity index is 721. The molecule has 4 heteroatoms. The van der Waals surface area contributed by atoms with Crippen LogP contribution >= 0.6 is 0 Å². The molecule has 0 atom stereocenters. The van der Waals surface area contributed by atoms with Gasteiger partial charge in [0.1, 0.15) is 6.54 Å². The van der Waals surface area contributed by atoms with Gasteiger partial charge in [-0.25, -0.2) is 0 Å². The number of hydrogen-bond acceptors (Lipinski definition) is 2. The number of para-hydroxylation sites is 1. The van der Waals surface area contributed by atoms with Gasteiger partial charge in [0.15, 0.2) is 0 Å². The van der Waals surface area contributed by atoms with E-state index in [4.69, 9.17) is 0 Å². The molecule has 4 nitrogen and oxygen atoms in total. The van der Waals surface area contributed by atoms with Gasteiger partial charge in [-0.15, -0.1) is 0 Å². The summed E-state index contributed by atoms with van der Waals surface area (Å²) in [5, 5.41) is 2.84. The monoisotopic (exact) mass is 324 g/mol. The molecule has 0 aromatic heterocycles. The number of amides is 2. The van der Waals surface area contributed by atoms with E-state index in [0.717, 1.165) is 22.5 Å². The third-order valence-corrected chi connectivity index (χ3v) is 3.87. The summed E-state index contributed by atoms with van der Waals surface area (Å²) in [5.74, 6) is -0.0991. The Kier molecular flexibility index (Phi) is 5.74. The maximum atomic E-state index is 12.4. The average molecular weight is 324 g/mol. The first-order chi connectivity index (χ1) is 11.4. The smallest absolute Gasteiger partial charge is 0.244 e. The van der Waals surface area contributed by atoms with Crippen molar-refractivity contribution >= 4 is 23.2 Å². The number of rotatable bonds is 5. The standard InChI is InChI=1S/C20H24N2O2/c1-14(2)18-7-5-6-8-19(18)22(16(4)23)13-20(24)21-17-11-9-15(3)10-12-17/h5-12,14H,13H2,1-4H3,(H,21,24). The predicted octanol–water partition coefficient (Wildman–Crippen LogP) is 4.11. The Morgan fingerprint density at radius 2 is 1.67 bits per heavy atom. The van der Waals surface area contributed by atoms with Crippen LogP contribution in [-0.4, -0.2) is 18.4 Å². The third kappa shape index (κ3) is 4.44. The van der Waals surface area contributed by atoms with Gasteiger partial charge in [0.05, 0.1) is 0 Å². The van der Waals surface area contributed by atoms with Gasteiger partial charge in [-0.1, -0.05) is 49.7 Å². The SMILES string of the molecule is CC(=O)N(CC(=O)Nc1ccc(C)cc1)c1ccccc1C(C)C. The van der Waals surface area contributed by atoms with E-state index < -0.39 is 0 Å². The van der Waals surface area contributed by atoms with Crippen molar-refractivity contribution < 1.29 is 9.59 Å². The van der Waals surface area contributed by atoms with E-state index in [1.807, 2.05) is 55.5 Å². The fraction of sp³-hybridized carbons (Fsp3) is 0.300. The van der Waals surface area contributed by atoms with Crippen LogP contribution in [0.3, 0.4) is 0 Å². The zero-order valence-electron chi connectivity index (χ0n) is 14.7. The lowest BCUT2D eigenvalue weighted by atomic mass is 10.0. The van der Waals surface area contributed by atoms with Crippen molar-refractivity contribution in [1.29, 1.82) is 0 Å². The highest BCUT2D eigenvalue weighted by Crippen LogP contribution is 2.27. The zero-order chi connectivity index (χ0) is 17.7. The van der Waals surface area contributed by atoms with E-state index in [2.05, 4.69) is 19.2 Å². The van der Waals surface area contributed by atoms with E-state index >= 15 is 0 Å². The molecule has 0 aliphatic rings. The van der Waals surface area contributed by atoms with E-state index in [9.17, 15) is 9.59 Å². The minimum Gasteiger partial charge on any atom is -0.325 e. The van der Waals surface area contributed by atoms with E-state index in [1.54, 1.807) is 0 Å².